The quantitative estimate of drug-likeness (QED) is 0.230. The number of aryl methyl sites for hydroxylation is 1. The molecule has 35 heavy (non-hydrogen) atoms. The highest BCUT2D eigenvalue weighted by Gasteiger charge is 2.18. The van der Waals surface area contributed by atoms with Crippen molar-refractivity contribution in [1.82, 2.24) is 9.55 Å². The van der Waals surface area contributed by atoms with E-state index in [0.29, 0.717) is 29.6 Å². The zero-order chi connectivity index (χ0) is 24.6. The summed E-state index contributed by atoms with van der Waals surface area (Å²) in [5.41, 5.74) is 4.91. The number of imidazole rings is 1. The van der Waals surface area contributed by atoms with Crippen molar-refractivity contribution in [3.63, 3.8) is 0 Å². The summed E-state index contributed by atoms with van der Waals surface area (Å²) in [6.07, 6.45) is 8.21. The lowest BCUT2D eigenvalue weighted by atomic mass is 9.97. The number of allylic oxidation sites excluding steroid dienone is 1. The van der Waals surface area contributed by atoms with Gasteiger partial charge in [-0.15, -0.1) is 0 Å². The normalized spacial score (nSPS) is 12.1. The number of hydrogen-bond donors (Lipinski definition) is 0. The van der Waals surface area contributed by atoms with Crippen molar-refractivity contribution in [3.8, 4) is 17.0 Å². The third kappa shape index (κ3) is 5.96. The van der Waals surface area contributed by atoms with Crippen LogP contribution in [0.3, 0.4) is 0 Å². The molecule has 0 radical (unpaired) electrons. The highest BCUT2D eigenvalue weighted by molar-refractivity contribution is 6.07. The monoisotopic (exact) mass is 464 g/mol. The molecule has 0 bridgehead atoms. The molecule has 3 aromatic carbocycles. The lowest BCUT2D eigenvalue weighted by molar-refractivity contribution is 0.102. The van der Waals surface area contributed by atoms with Gasteiger partial charge < -0.3 is 9.30 Å². The van der Waals surface area contributed by atoms with Gasteiger partial charge in [0, 0.05) is 23.9 Å². The van der Waals surface area contributed by atoms with Gasteiger partial charge in [0.1, 0.15) is 5.75 Å². The minimum absolute atomic E-state index is 0.115. The van der Waals surface area contributed by atoms with E-state index in [1.54, 1.807) is 19.2 Å². The molecule has 4 aromatic rings. The van der Waals surface area contributed by atoms with E-state index in [0.717, 1.165) is 24.1 Å². The number of aromatic nitrogens is 2. The predicted molar refractivity (Wildman–Crippen MR) is 143 cm³/mol. The Kier molecular flexibility index (Phi) is 7.94. The third-order valence-electron chi connectivity index (χ3n) is 6.32. The van der Waals surface area contributed by atoms with Crippen LogP contribution < -0.4 is 4.74 Å². The first-order chi connectivity index (χ1) is 17.1. The lowest BCUT2D eigenvalue weighted by Crippen LogP contribution is -2.11. The standard InChI is InChI=1S/C31H32N2O2/c1-4-23(2)26-16-10-13-24(20-26)12-8-9-19-33-22-29(25-14-6-5-7-15-25)32-31(33)30(34)27-17-11-18-28(21-27)35-3/h5-8,10-18,20-23H,4,9,19H2,1-3H3/b12-8+. The van der Waals surface area contributed by atoms with Gasteiger partial charge in [0.05, 0.1) is 12.8 Å². The fraction of sp³-hybridized carbons (Fsp3) is 0.226. The molecule has 0 spiro atoms. The summed E-state index contributed by atoms with van der Waals surface area (Å²) in [6.45, 7) is 5.13. The summed E-state index contributed by atoms with van der Waals surface area (Å²) >= 11 is 0. The molecule has 0 aliphatic carbocycles. The molecular formula is C31H32N2O2. The molecule has 0 aliphatic heterocycles. The summed E-state index contributed by atoms with van der Waals surface area (Å²) in [5.74, 6) is 1.52. The lowest BCUT2D eigenvalue weighted by Gasteiger charge is -2.09. The van der Waals surface area contributed by atoms with E-state index < -0.39 is 0 Å². The number of carbonyl (C=O) groups is 1. The second-order valence-corrected chi connectivity index (χ2v) is 8.74. The molecule has 0 saturated heterocycles. The average Bonchev–Trinajstić information content (AvgIpc) is 3.35. The van der Waals surface area contributed by atoms with Gasteiger partial charge in [-0.2, -0.15) is 0 Å². The molecule has 0 aliphatic rings. The van der Waals surface area contributed by atoms with Gasteiger partial charge in [-0.1, -0.05) is 92.7 Å². The van der Waals surface area contributed by atoms with E-state index in [-0.39, 0.29) is 5.78 Å². The maximum Gasteiger partial charge on any atom is 0.228 e. The van der Waals surface area contributed by atoms with Crippen LogP contribution in [0.15, 0.2) is 91.1 Å². The zero-order valence-electron chi connectivity index (χ0n) is 20.6. The average molecular weight is 465 g/mol. The van der Waals surface area contributed by atoms with E-state index in [1.807, 2.05) is 53.2 Å². The summed E-state index contributed by atoms with van der Waals surface area (Å²) in [5, 5.41) is 0. The van der Waals surface area contributed by atoms with Crippen LogP contribution in [0.2, 0.25) is 0 Å². The first kappa shape index (κ1) is 24.2. The van der Waals surface area contributed by atoms with Gasteiger partial charge in [0.15, 0.2) is 5.82 Å². The maximum absolute atomic E-state index is 13.4. The fourth-order valence-electron chi connectivity index (χ4n) is 4.05. The molecule has 1 heterocycles. The second kappa shape index (κ2) is 11.5. The second-order valence-electron chi connectivity index (χ2n) is 8.74. The number of nitrogens with zero attached hydrogens (tertiary/aromatic N) is 2. The molecule has 1 aromatic heterocycles. The number of ketones is 1. The zero-order valence-corrected chi connectivity index (χ0v) is 20.6. The van der Waals surface area contributed by atoms with Crippen molar-refractivity contribution in [1.29, 1.82) is 0 Å². The van der Waals surface area contributed by atoms with E-state index in [1.165, 1.54) is 11.1 Å². The summed E-state index contributed by atoms with van der Waals surface area (Å²) in [4.78, 5) is 18.1. The van der Waals surface area contributed by atoms with Gasteiger partial charge in [-0.05, 0) is 42.0 Å². The Morgan fingerprint density at radius 1 is 1.03 bits per heavy atom. The van der Waals surface area contributed by atoms with Crippen LogP contribution in [0, 0.1) is 0 Å². The molecule has 1 atom stereocenters. The van der Waals surface area contributed by atoms with Gasteiger partial charge in [-0.3, -0.25) is 4.79 Å². The van der Waals surface area contributed by atoms with Crippen LogP contribution in [-0.2, 0) is 6.54 Å². The summed E-state index contributed by atoms with van der Waals surface area (Å²) in [7, 11) is 1.60. The van der Waals surface area contributed by atoms with Crippen molar-refractivity contribution in [2.24, 2.45) is 0 Å². The van der Waals surface area contributed by atoms with Crippen molar-refractivity contribution >= 4 is 11.9 Å². The number of carbonyl (C=O) groups excluding carboxylic acids is 1. The molecular weight excluding hydrogens is 432 g/mol. The first-order valence-corrected chi connectivity index (χ1v) is 12.2. The molecule has 4 heteroatoms. The summed E-state index contributed by atoms with van der Waals surface area (Å²) in [6, 6.07) is 25.9. The highest BCUT2D eigenvalue weighted by atomic mass is 16.5. The topological polar surface area (TPSA) is 44.1 Å². The van der Waals surface area contributed by atoms with Crippen LogP contribution in [-0.4, -0.2) is 22.4 Å². The molecule has 4 rings (SSSR count). The van der Waals surface area contributed by atoms with Crippen LogP contribution in [0.5, 0.6) is 5.75 Å². The molecule has 0 amide bonds. The largest absolute Gasteiger partial charge is 0.497 e. The predicted octanol–water partition coefficient (Wildman–Crippen LogP) is 7.41. The molecule has 0 fully saturated rings. The Morgan fingerprint density at radius 3 is 2.60 bits per heavy atom. The summed E-state index contributed by atoms with van der Waals surface area (Å²) < 4.78 is 7.27. The Hall–Kier alpha value is -3.92. The fourth-order valence-corrected chi connectivity index (χ4v) is 4.05. The Labute approximate surface area is 207 Å². The molecule has 0 N–H and O–H groups in total. The van der Waals surface area contributed by atoms with Crippen molar-refractivity contribution in [2.75, 3.05) is 7.11 Å². The van der Waals surface area contributed by atoms with E-state index in [9.17, 15) is 4.79 Å². The van der Waals surface area contributed by atoms with Crippen LogP contribution in [0.1, 0.15) is 59.9 Å². The molecule has 1 unspecified atom stereocenters. The minimum Gasteiger partial charge on any atom is -0.497 e. The Morgan fingerprint density at radius 2 is 1.83 bits per heavy atom. The smallest absolute Gasteiger partial charge is 0.228 e. The van der Waals surface area contributed by atoms with Crippen LogP contribution in [0.25, 0.3) is 17.3 Å². The van der Waals surface area contributed by atoms with Crippen LogP contribution >= 0.6 is 0 Å². The van der Waals surface area contributed by atoms with Crippen molar-refractivity contribution in [2.45, 2.75) is 39.2 Å². The number of rotatable bonds is 10. The Bertz CT molecular complexity index is 1300. The minimum atomic E-state index is -0.115. The number of methoxy groups -OCH3 is 1. The SMILES string of the molecule is CCC(C)c1cccc(/C=C/CCn2cc(-c3ccccc3)nc2C(=O)c2cccc(OC)c2)c1. The first-order valence-electron chi connectivity index (χ1n) is 12.2. The Balaban J connectivity index is 1.57. The highest BCUT2D eigenvalue weighted by Crippen LogP contribution is 2.23. The molecule has 178 valence electrons. The van der Waals surface area contributed by atoms with Crippen molar-refractivity contribution in [3.05, 3.63) is 114 Å². The van der Waals surface area contributed by atoms with Gasteiger partial charge in [-0.25, -0.2) is 4.98 Å². The van der Waals surface area contributed by atoms with Gasteiger partial charge >= 0.3 is 0 Å². The maximum atomic E-state index is 13.4. The molecule has 4 nitrogen and oxygen atoms in total. The van der Waals surface area contributed by atoms with E-state index >= 15 is 0 Å². The van der Waals surface area contributed by atoms with Gasteiger partial charge in [0.2, 0.25) is 5.78 Å². The van der Waals surface area contributed by atoms with E-state index in [2.05, 4.69) is 50.3 Å². The van der Waals surface area contributed by atoms with Gasteiger partial charge in [0.25, 0.3) is 0 Å². The van der Waals surface area contributed by atoms with Crippen molar-refractivity contribution < 1.29 is 9.53 Å². The number of benzene rings is 3. The number of hydrogen-bond acceptors (Lipinski definition) is 3. The van der Waals surface area contributed by atoms with Crippen LogP contribution in [0.4, 0.5) is 0 Å². The number of ether oxygens (including phenoxy) is 1. The molecule has 0 saturated carbocycles. The third-order valence-corrected chi connectivity index (χ3v) is 6.32. The van der Waals surface area contributed by atoms with E-state index in [4.69, 9.17) is 9.72 Å².